The molecular formula is C18H17F3N4OS2. The normalized spacial score (nSPS) is 13.6. The summed E-state index contributed by atoms with van der Waals surface area (Å²) in [5.41, 5.74) is 5.58. The van der Waals surface area contributed by atoms with Gasteiger partial charge in [-0.05, 0) is 36.5 Å². The van der Waals surface area contributed by atoms with E-state index in [1.54, 1.807) is 43.3 Å². The largest absolute Gasteiger partial charge is 0.378 e. The van der Waals surface area contributed by atoms with E-state index in [9.17, 15) is 18.0 Å². The third kappa shape index (κ3) is 7.57. The number of rotatable bonds is 7. The Balaban J connectivity index is 3.17. The zero-order chi connectivity index (χ0) is 21.1. The zero-order valence-electron chi connectivity index (χ0n) is 14.7. The summed E-state index contributed by atoms with van der Waals surface area (Å²) in [6.07, 6.45) is 0.640. The van der Waals surface area contributed by atoms with Gasteiger partial charge in [-0.1, -0.05) is 36.4 Å². The van der Waals surface area contributed by atoms with Crippen LogP contribution in [0.15, 0.2) is 70.0 Å². The Labute approximate surface area is 168 Å². The molecule has 0 aliphatic rings. The predicted octanol–water partition coefficient (Wildman–Crippen LogP) is 5.14. The van der Waals surface area contributed by atoms with Gasteiger partial charge in [0.25, 0.3) is 6.43 Å². The number of nitrogens with one attached hydrogen (secondary N) is 2. The number of hydrogen-bond acceptors (Lipinski definition) is 6. The number of nitrogens with zero attached hydrogens (tertiary/aromatic N) is 1. The highest BCUT2D eigenvalue weighted by atomic mass is 32.2. The quantitative estimate of drug-likeness (QED) is 0.319. The fraction of sp³-hybridized carbons (Fsp3) is 0.111. The zero-order valence-corrected chi connectivity index (χ0v) is 16.3. The molecule has 0 saturated carbocycles. The van der Waals surface area contributed by atoms with Crippen LogP contribution in [0.2, 0.25) is 0 Å². The van der Waals surface area contributed by atoms with Crippen molar-refractivity contribution < 1.29 is 18.0 Å². The molecular weight excluding hydrogens is 409 g/mol. The number of thioether (sulfide) groups is 2. The molecule has 5 nitrogen and oxygen atoms in total. The monoisotopic (exact) mass is 426 g/mol. The standard InChI is InChI=1S/C18H17F3N4OS2/c1-2-13(27-17(26)11-6-4-3-5-7-11)8-14(12(9-19)10-22)25-18(24)28-16(23)15(20)21/h2-10,15,22-23H,1H3,(H2,24,25)/b12-9+,13-2+,14-8+,22-10?,23-16?. The molecule has 0 unspecified atom stereocenters. The fourth-order valence-corrected chi connectivity index (χ4v) is 2.90. The summed E-state index contributed by atoms with van der Waals surface area (Å²) in [5.74, 6) is 0. The Kier molecular flexibility index (Phi) is 10.0. The minimum Gasteiger partial charge on any atom is -0.378 e. The molecule has 0 heterocycles. The van der Waals surface area contributed by atoms with Crippen LogP contribution >= 0.6 is 23.5 Å². The number of allylic oxidation sites excluding steroid dienone is 3. The lowest BCUT2D eigenvalue weighted by molar-refractivity contribution is 0.108. The number of carbonyl (C=O) groups excluding carboxylic acids is 1. The van der Waals surface area contributed by atoms with E-state index in [-0.39, 0.29) is 34.5 Å². The first-order chi connectivity index (χ1) is 13.3. The third-order valence-electron chi connectivity index (χ3n) is 3.00. The van der Waals surface area contributed by atoms with E-state index < -0.39 is 16.6 Å². The molecule has 28 heavy (non-hydrogen) atoms. The van der Waals surface area contributed by atoms with Gasteiger partial charge in [-0.25, -0.2) is 18.2 Å². The molecule has 0 aliphatic heterocycles. The first-order valence-electron chi connectivity index (χ1n) is 7.67. The van der Waals surface area contributed by atoms with E-state index in [1.165, 1.54) is 6.08 Å². The van der Waals surface area contributed by atoms with Crippen molar-refractivity contribution in [1.82, 2.24) is 0 Å². The molecule has 10 heteroatoms. The maximum atomic E-state index is 13.1. The molecule has 0 atom stereocenters. The molecule has 1 rings (SSSR count). The van der Waals surface area contributed by atoms with Crippen molar-refractivity contribution in [2.24, 2.45) is 10.7 Å². The van der Waals surface area contributed by atoms with Crippen LogP contribution in [-0.4, -0.2) is 28.0 Å². The lowest BCUT2D eigenvalue weighted by atomic mass is 10.2. The second kappa shape index (κ2) is 12.0. The minimum absolute atomic E-state index is 0.107. The molecule has 0 saturated heterocycles. The topological polar surface area (TPSA) is 103 Å². The number of aliphatic imine (C=N–C) groups is 1. The summed E-state index contributed by atoms with van der Waals surface area (Å²) >= 11 is 1.07. The average Bonchev–Trinajstić information content (AvgIpc) is 2.68. The van der Waals surface area contributed by atoms with Crippen LogP contribution in [-0.2, 0) is 0 Å². The molecule has 4 N–H and O–H groups in total. The van der Waals surface area contributed by atoms with E-state index in [2.05, 4.69) is 4.99 Å². The molecule has 0 spiro atoms. The summed E-state index contributed by atoms with van der Waals surface area (Å²) in [5, 5.41) is 12.7. The van der Waals surface area contributed by atoms with Crippen LogP contribution < -0.4 is 5.73 Å². The third-order valence-corrected chi connectivity index (χ3v) is 4.70. The van der Waals surface area contributed by atoms with Crippen LogP contribution in [0.3, 0.4) is 0 Å². The SMILES string of the molecule is C\C=C(/C=C(N=C(N)SC(=N)C(F)F)\C(C=N)=C\F)SC(=O)c1ccccc1. The summed E-state index contributed by atoms with van der Waals surface area (Å²) in [6.45, 7) is 1.65. The van der Waals surface area contributed by atoms with Crippen LogP contribution in [0.25, 0.3) is 0 Å². The molecule has 0 aliphatic carbocycles. The van der Waals surface area contributed by atoms with E-state index in [4.69, 9.17) is 16.6 Å². The first kappa shape index (κ1) is 23.4. The number of halogens is 3. The maximum Gasteiger partial charge on any atom is 0.286 e. The lowest BCUT2D eigenvalue weighted by Gasteiger charge is -2.07. The van der Waals surface area contributed by atoms with Crippen LogP contribution in [0, 0.1) is 10.8 Å². The first-order valence-corrected chi connectivity index (χ1v) is 9.30. The van der Waals surface area contributed by atoms with Gasteiger partial charge in [-0.3, -0.25) is 10.2 Å². The van der Waals surface area contributed by atoms with E-state index in [0.717, 1.165) is 11.8 Å². The fourth-order valence-electron chi connectivity index (χ4n) is 1.69. The van der Waals surface area contributed by atoms with Crippen LogP contribution in [0.5, 0.6) is 0 Å². The summed E-state index contributed by atoms with van der Waals surface area (Å²) < 4.78 is 38.0. The van der Waals surface area contributed by atoms with E-state index in [1.807, 2.05) is 0 Å². The second-order valence-corrected chi connectivity index (χ2v) is 7.01. The van der Waals surface area contributed by atoms with Crippen LogP contribution in [0.1, 0.15) is 17.3 Å². The minimum atomic E-state index is -3.02. The summed E-state index contributed by atoms with van der Waals surface area (Å²) in [7, 11) is 0. The Bertz CT molecular complexity index is 850. The average molecular weight is 426 g/mol. The molecule has 0 radical (unpaired) electrons. The van der Waals surface area contributed by atoms with Gasteiger partial charge in [-0.15, -0.1) is 0 Å². The van der Waals surface area contributed by atoms with Crippen molar-refractivity contribution in [3.63, 3.8) is 0 Å². The number of nitrogens with two attached hydrogens (primary N) is 1. The molecule has 1 aromatic rings. The number of alkyl halides is 2. The van der Waals surface area contributed by atoms with Gasteiger partial charge in [0.1, 0.15) is 5.04 Å². The Morgan fingerprint density at radius 3 is 2.39 bits per heavy atom. The highest BCUT2D eigenvalue weighted by Gasteiger charge is 2.15. The van der Waals surface area contributed by atoms with Gasteiger partial charge in [0.05, 0.1) is 12.0 Å². The van der Waals surface area contributed by atoms with E-state index >= 15 is 0 Å². The van der Waals surface area contributed by atoms with E-state index in [0.29, 0.717) is 16.7 Å². The second-order valence-electron chi connectivity index (χ2n) is 4.90. The van der Waals surface area contributed by atoms with Gasteiger partial charge in [0, 0.05) is 22.3 Å². The number of hydrogen-bond donors (Lipinski definition) is 3. The number of carbonyl (C=O) groups is 1. The maximum absolute atomic E-state index is 13.1. The molecule has 0 fully saturated rings. The Morgan fingerprint density at radius 2 is 1.89 bits per heavy atom. The summed E-state index contributed by atoms with van der Waals surface area (Å²) in [6, 6.07) is 8.47. The molecule has 0 amide bonds. The van der Waals surface area contributed by atoms with Crippen LogP contribution in [0.4, 0.5) is 13.2 Å². The van der Waals surface area contributed by atoms with Gasteiger partial charge >= 0.3 is 0 Å². The van der Waals surface area contributed by atoms with Crippen molar-refractivity contribution in [3.05, 3.63) is 70.6 Å². The number of benzene rings is 1. The molecule has 0 aromatic heterocycles. The van der Waals surface area contributed by atoms with Crippen molar-refractivity contribution >= 4 is 45.1 Å². The van der Waals surface area contributed by atoms with Crippen molar-refractivity contribution in [2.45, 2.75) is 13.3 Å². The van der Waals surface area contributed by atoms with Crippen molar-refractivity contribution in [1.29, 1.82) is 10.8 Å². The Morgan fingerprint density at radius 1 is 1.25 bits per heavy atom. The lowest BCUT2D eigenvalue weighted by Crippen LogP contribution is -2.14. The highest BCUT2D eigenvalue weighted by molar-refractivity contribution is 8.26. The predicted molar refractivity (Wildman–Crippen MR) is 111 cm³/mol. The van der Waals surface area contributed by atoms with Crippen molar-refractivity contribution in [2.75, 3.05) is 0 Å². The summed E-state index contributed by atoms with van der Waals surface area (Å²) in [4.78, 5) is 16.5. The number of amidine groups is 1. The smallest absolute Gasteiger partial charge is 0.286 e. The molecule has 148 valence electrons. The van der Waals surface area contributed by atoms with Crippen molar-refractivity contribution in [3.8, 4) is 0 Å². The van der Waals surface area contributed by atoms with Gasteiger partial charge in [0.2, 0.25) is 5.12 Å². The Hall–Kier alpha value is -2.59. The van der Waals surface area contributed by atoms with Gasteiger partial charge in [0.15, 0.2) is 5.17 Å². The van der Waals surface area contributed by atoms with Gasteiger partial charge in [-0.2, -0.15) is 0 Å². The highest BCUT2D eigenvalue weighted by Crippen LogP contribution is 2.26. The molecule has 0 bridgehead atoms. The molecule has 1 aromatic carbocycles. The van der Waals surface area contributed by atoms with Gasteiger partial charge < -0.3 is 11.1 Å².